The lowest BCUT2D eigenvalue weighted by molar-refractivity contribution is 0.267. The van der Waals surface area contributed by atoms with Crippen LogP contribution >= 0.6 is 0 Å². The van der Waals surface area contributed by atoms with Gasteiger partial charge in [-0.1, -0.05) is 50.3 Å². The van der Waals surface area contributed by atoms with Crippen molar-refractivity contribution in [3.8, 4) is 16.9 Å². The van der Waals surface area contributed by atoms with E-state index in [2.05, 4.69) is 37.8 Å². The van der Waals surface area contributed by atoms with Gasteiger partial charge in [0.25, 0.3) is 0 Å². The maximum Gasteiger partial charge on any atom is 0.134 e. The summed E-state index contributed by atoms with van der Waals surface area (Å²) in [4.78, 5) is 0. The van der Waals surface area contributed by atoms with Crippen LogP contribution in [-0.4, -0.2) is 6.10 Å². The zero-order chi connectivity index (χ0) is 19.4. The molecule has 3 rings (SSSR count). The molecule has 0 radical (unpaired) electrons. The molecule has 0 aromatic heterocycles. The Balaban J connectivity index is 0.00000280. The summed E-state index contributed by atoms with van der Waals surface area (Å²) in [6.45, 7) is 9.85. The predicted molar refractivity (Wildman–Crippen MR) is 114 cm³/mol. The van der Waals surface area contributed by atoms with E-state index in [1.54, 1.807) is 6.08 Å². The SMILES string of the molecule is C=CC(C)Oc1cc(F)c(-c2ccc(C3CCC(CC)CC3)cc2)cc1C.F. The van der Waals surface area contributed by atoms with E-state index in [4.69, 9.17) is 4.74 Å². The van der Waals surface area contributed by atoms with Crippen molar-refractivity contribution in [1.29, 1.82) is 0 Å². The minimum Gasteiger partial charge on any atom is -0.486 e. The molecule has 152 valence electrons. The van der Waals surface area contributed by atoms with Crippen LogP contribution in [0.4, 0.5) is 9.09 Å². The lowest BCUT2D eigenvalue weighted by Crippen LogP contribution is -2.12. The van der Waals surface area contributed by atoms with Crippen LogP contribution in [0.1, 0.15) is 63.0 Å². The molecular formula is C25H32F2O. The van der Waals surface area contributed by atoms with Crippen molar-refractivity contribution in [2.75, 3.05) is 0 Å². The van der Waals surface area contributed by atoms with Gasteiger partial charge in [0, 0.05) is 11.6 Å². The number of ether oxygens (including phenoxy) is 1. The van der Waals surface area contributed by atoms with Gasteiger partial charge in [-0.05, 0) is 74.1 Å². The van der Waals surface area contributed by atoms with Crippen molar-refractivity contribution >= 4 is 0 Å². The summed E-state index contributed by atoms with van der Waals surface area (Å²) in [5.41, 5.74) is 3.88. The Labute approximate surface area is 168 Å². The highest BCUT2D eigenvalue weighted by Gasteiger charge is 2.21. The van der Waals surface area contributed by atoms with Crippen LogP contribution in [0.5, 0.6) is 5.75 Å². The van der Waals surface area contributed by atoms with Crippen molar-refractivity contribution in [2.24, 2.45) is 5.92 Å². The number of benzene rings is 2. The fourth-order valence-electron chi connectivity index (χ4n) is 4.10. The normalized spacial score (nSPS) is 20.1. The number of hydrogen-bond donors (Lipinski definition) is 0. The van der Waals surface area contributed by atoms with Gasteiger partial charge in [0.05, 0.1) is 0 Å². The Kier molecular flexibility index (Phi) is 7.79. The first kappa shape index (κ1) is 22.1. The number of rotatable bonds is 6. The summed E-state index contributed by atoms with van der Waals surface area (Å²) in [6, 6.07) is 11.9. The molecule has 28 heavy (non-hydrogen) atoms. The number of hydrogen-bond acceptors (Lipinski definition) is 1. The molecule has 0 spiro atoms. The summed E-state index contributed by atoms with van der Waals surface area (Å²) >= 11 is 0. The predicted octanol–water partition coefficient (Wildman–Crippen LogP) is 7.59. The van der Waals surface area contributed by atoms with Crippen molar-refractivity contribution in [3.05, 3.63) is 66.0 Å². The highest BCUT2D eigenvalue weighted by atomic mass is 19.1. The highest BCUT2D eigenvalue weighted by Crippen LogP contribution is 2.38. The molecular weight excluding hydrogens is 354 g/mol. The van der Waals surface area contributed by atoms with Crippen molar-refractivity contribution < 1.29 is 13.8 Å². The Morgan fingerprint density at radius 3 is 2.36 bits per heavy atom. The first-order valence-corrected chi connectivity index (χ1v) is 10.2. The first-order valence-electron chi connectivity index (χ1n) is 10.2. The second-order valence-electron chi connectivity index (χ2n) is 7.90. The van der Waals surface area contributed by atoms with E-state index in [1.165, 1.54) is 43.7 Å². The second-order valence-corrected chi connectivity index (χ2v) is 7.90. The van der Waals surface area contributed by atoms with Crippen molar-refractivity contribution in [3.63, 3.8) is 0 Å². The minimum absolute atomic E-state index is 0. The second kappa shape index (κ2) is 9.86. The molecule has 2 aromatic rings. The molecule has 1 fully saturated rings. The van der Waals surface area contributed by atoms with Crippen molar-refractivity contribution in [2.45, 2.75) is 64.9 Å². The highest BCUT2D eigenvalue weighted by molar-refractivity contribution is 5.67. The van der Waals surface area contributed by atoms with E-state index in [0.29, 0.717) is 17.2 Å². The topological polar surface area (TPSA) is 9.23 Å². The molecule has 0 saturated heterocycles. The molecule has 0 bridgehead atoms. The maximum absolute atomic E-state index is 14.7. The smallest absolute Gasteiger partial charge is 0.134 e. The van der Waals surface area contributed by atoms with E-state index in [1.807, 2.05) is 19.9 Å². The van der Waals surface area contributed by atoms with Crippen LogP contribution in [0.15, 0.2) is 49.1 Å². The van der Waals surface area contributed by atoms with Crippen LogP contribution in [0.3, 0.4) is 0 Å². The molecule has 1 saturated carbocycles. The third-order valence-electron chi connectivity index (χ3n) is 6.03. The molecule has 0 N–H and O–H groups in total. The van der Waals surface area contributed by atoms with E-state index >= 15 is 0 Å². The summed E-state index contributed by atoms with van der Waals surface area (Å²) in [5.74, 6) is 1.89. The Morgan fingerprint density at radius 1 is 1.14 bits per heavy atom. The molecule has 1 atom stereocenters. The lowest BCUT2D eigenvalue weighted by Gasteiger charge is -2.28. The van der Waals surface area contributed by atoms with Gasteiger partial charge in [-0.15, -0.1) is 0 Å². The van der Waals surface area contributed by atoms with Gasteiger partial charge < -0.3 is 4.74 Å². The molecule has 0 heterocycles. The van der Waals surface area contributed by atoms with Gasteiger partial charge >= 0.3 is 0 Å². The average Bonchev–Trinajstić information content (AvgIpc) is 2.70. The van der Waals surface area contributed by atoms with Gasteiger partial charge in [-0.25, -0.2) is 4.39 Å². The molecule has 3 heteroatoms. The van der Waals surface area contributed by atoms with Crippen LogP contribution in [0.2, 0.25) is 0 Å². The average molecular weight is 387 g/mol. The summed E-state index contributed by atoms with van der Waals surface area (Å²) in [5, 5.41) is 0. The monoisotopic (exact) mass is 386 g/mol. The zero-order valence-electron chi connectivity index (χ0n) is 17.2. The van der Waals surface area contributed by atoms with Crippen molar-refractivity contribution in [1.82, 2.24) is 0 Å². The summed E-state index contributed by atoms with van der Waals surface area (Å²) < 4.78 is 20.4. The van der Waals surface area contributed by atoms with Gasteiger partial charge in [-0.2, -0.15) is 0 Å². The molecule has 1 aliphatic carbocycles. The molecule has 2 aromatic carbocycles. The molecule has 0 aliphatic heterocycles. The Hall–Kier alpha value is -2.16. The van der Waals surface area contributed by atoms with Crippen LogP contribution in [-0.2, 0) is 0 Å². The number of halogens is 2. The van der Waals surface area contributed by atoms with E-state index in [-0.39, 0.29) is 16.6 Å². The third kappa shape index (κ3) is 5.01. The molecule has 1 aliphatic rings. The van der Waals surface area contributed by atoms with Gasteiger partial charge in [-0.3, -0.25) is 4.70 Å². The largest absolute Gasteiger partial charge is 0.486 e. The Morgan fingerprint density at radius 2 is 1.79 bits per heavy atom. The van der Waals surface area contributed by atoms with E-state index in [0.717, 1.165) is 17.0 Å². The van der Waals surface area contributed by atoms with Crippen LogP contribution in [0.25, 0.3) is 11.1 Å². The van der Waals surface area contributed by atoms with Crippen LogP contribution in [0, 0.1) is 18.7 Å². The molecule has 0 amide bonds. The van der Waals surface area contributed by atoms with E-state index in [9.17, 15) is 4.39 Å². The quantitative estimate of drug-likeness (QED) is 0.465. The fraction of sp³-hybridized carbons (Fsp3) is 0.440. The van der Waals surface area contributed by atoms with Crippen LogP contribution < -0.4 is 4.74 Å². The van der Waals surface area contributed by atoms with E-state index < -0.39 is 0 Å². The Bertz CT molecular complexity index is 774. The fourth-order valence-corrected chi connectivity index (χ4v) is 4.10. The minimum atomic E-state index is -0.247. The third-order valence-corrected chi connectivity index (χ3v) is 6.03. The zero-order valence-corrected chi connectivity index (χ0v) is 17.2. The van der Waals surface area contributed by atoms with Gasteiger partial charge in [0.2, 0.25) is 0 Å². The summed E-state index contributed by atoms with van der Waals surface area (Å²) in [6.07, 6.45) is 8.09. The molecule has 1 unspecified atom stereocenters. The lowest BCUT2D eigenvalue weighted by atomic mass is 9.77. The first-order chi connectivity index (χ1) is 13.0. The van der Waals surface area contributed by atoms with Gasteiger partial charge in [0.1, 0.15) is 17.7 Å². The summed E-state index contributed by atoms with van der Waals surface area (Å²) in [7, 11) is 0. The van der Waals surface area contributed by atoms with Gasteiger partial charge in [0.15, 0.2) is 0 Å². The standard InChI is InChI=1S/C25H31FO.FH/c1-5-18(4)27-25-16-24(26)23(15-17(25)3)22-13-11-21(12-14-22)20-9-7-19(6-2)8-10-20;/h5,11-16,18-20H,1,6-10H2,2-4H3;1H. The maximum atomic E-state index is 14.7. The molecule has 1 nitrogen and oxygen atoms in total. The number of aryl methyl sites for hydroxylation is 1.